The van der Waals surface area contributed by atoms with E-state index in [4.69, 9.17) is 9.47 Å². The first-order chi connectivity index (χ1) is 22.2. The second kappa shape index (κ2) is 16.2. The summed E-state index contributed by atoms with van der Waals surface area (Å²) in [6, 6.07) is 4.63. The lowest BCUT2D eigenvalue weighted by molar-refractivity contribution is -0.151. The van der Waals surface area contributed by atoms with E-state index in [0.717, 1.165) is 18.5 Å². The summed E-state index contributed by atoms with van der Waals surface area (Å²) in [5, 5.41) is 11.6. The number of hydrogen-bond acceptors (Lipinski definition) is 9. The fraction of sp³-hybridized carbons (Fsp3) is 0.588. The first-order valence-corrected chi connectivity index (χ1v) is 17.8. The zero-order valence-corrected chi connectivity index (χ0v) is 28.7. The number of sulfonamides is 1. The second-order valence-corrected chi connectivity index (χ2v) is 14.8. The molecule has 3 aliphatic heterocycles. The molecular weight excluding hydrogens is 627 g/mol. The van der Waals surface area contributed by atoms with Crippen molar-refractivity contribution in [1.29, 1.82) is 0 Å². The lowest BCUT2D eigenvalue weighted by Crippen LogP contribution is -2.48. The molecule has 260 valence electrons. The largest absolute Gasteiger partial charge is 0.457 e. The van der Waals surface area contributed by atoms with E-state index in [9.17, 15) is 27.5 Å². The van der Waals surface area contributed by atoms with E-state index in [1.54, 1.807) is 11.0 Å². The molecule has 1 aromatic rings. The van der Waals surface area contributed by atoms with Crippen molar-refractivity contribution in [2.75, 3.05) is 64.3 Å². The Morgan fingerprint density at radius 3 is 2.38 bits per heavy atom. The summed E-state index contributed by atoms with van der Waals surface area (Å²) >= 11 is 0. The van der Waals surface area contributed by atoms with Crippen molar-refractivity contribution in [3.05, 3.63) is 59.3 Å². The number of amides is 1. The highest BCUT2D eigenvalue weighted by molar-refractivity contribution is 7.92. The number of piperazine rings is 2. The minimum absolute atomic E-state index is 0.0977. The number of ether oxygens (including phenoxy) is 2. The van der Waals surface area contributed by atoms with Crippen LogP contribution in [0.15, 0.2) is 47.9 Å². The summed E-state index contributed by atoms with van der Waals surface area (Å²) in [4.78, 5) is 31.8. The Morgan fingerprint density at radius 1 is 1.04 bits per heavy atom. The predicted molar refractivity (Wildman–Crippen MR) is 179 cm³/mol. The van der Waals surface area contributed by atoms with Crippen molar-refractivity contribution in [2.45, 2.75) is 58.3 Å². The van der Waals surface area contributed by atoms with Crippen LogP contribution in [0.4, 0.5) is 14.9 Å². The molecule has 0 bridgehead atoms. The van der Waals surface area contributed by atoms with Crippen LogP contribution < -0.4 is 4.90 Å². The van der Waals surface area contributed by atoms with Crippen LogP contribution in [0.25, 0.3) is 6.08 Å². The number of anilines is 1. The van der Waals surface area contributed by atoms with Gasteiger partial charge in [-0.25, -0.2) is 17.6 Å². The highest BCUT2D eigenvalue weighted by Gasteiger charge is 2.30. The minimum atomic E-state index is -3.52. The minimum Gasteiger partial charge on any atom is -0.457 e. The van der Waals surface area contributed by atoms with Crippen LogP contribution in [0.1, 0.15) is 45.6 Å². The Morgan fingerprint density at radius 2 is 1.72 bits per heavy atom. The van der Waals surface area contributed by atoms with Gasteiger partial charge in [-0.3, -0.25) is 4.79 Å². The van der Waals surface area contributed by atoms with Crippen molar-refractivity contribution in [2.24, 2.45) is 11.8 Å². The number of aliphatic hydroxyl groups is 1. The van der Waals surface area contributed by atoms with Crippen molar-refractivity contribution in [1.82, 2.24) is 14.1 Å². The van der Waals surface area contributed by atoms with E-state index in [-0.39, 0.29) is 37.4 Å². The third kappa shape index (κ3) is 10.1. The molecule has 0 aliphatic carbocycles. The number of carbonyl (C=O) groups is 2. The summed E-state index contributed by atoms with van der Waals surface area (Å²) in [5.74, 6) is -1.42. The molecule has 0 saturated carbocycles. The van der Waals surface area contributed by atoms with Gasteiger partial charge in [0.25, 0.3) is 0 Å². The predicted octanol–water partition coefficient (Wildman–Crippen LogP) is 3.86. The lowest BCUT2D eigenvalue weighted by Gasteiger charge is -2.35. The van der Waals surface area contributed by atoms with Gasteiger partial charge in [0.1, 0.15) is 18.0 Å². The van der Waals surface area contributed by atoms with E-state index in [2.05, 4.69) is 11.5 Å². The topological polar surface area (TPSA) is 120 Å². The number of esters is 1. The molecule has 3 aliphatic rings. The number of aliphatic hydroxyl groups excluding tert-OH is 1. The smallest absolute Gasteiger partial charge is 0.410 e. The van der Waals surface area contributed by atoms with Crippen LogP contribution in [0.3, 0.4) is 0 Å². The quantitative estimate of drug-likeness (QED) is 0.354. The molecule has 47 heavy (non-hydrogen) atoms. The number of likely N-dealkylation sites (N-methyl/N-ethyl adjacent to an activating group) is 1. The molecule has 4 rings (SSSR count). The van der Waals surface area contributed by atoms with Crippen molar-refractivity contribution in [3.63, 3.8) is 0 Å². The molecule has 2 fully saturated rings. The maximum atomic E-state index is 14.9. The number of nitrogens with zero attached hydrogens (tertiary/aromatic N) is 4. The molecule has 2 saturated heterocycles. The fourth-order valence-corrected chi connectivity index (χ4v) is 7.03. The molecule has 1 N–H and O–H groups in total. The number of rotatable bonds is 6. The second-order valence-electron chi connectivity index (χ2n) is 12.9. The average Bonchev–Trinajstić information content (AvgIpc) is 3.03. The summed E-state index contributed by atoms with van der Waals surface area (Å²) in [7, 11) is -1.51. The van der Waals surface area contributed by atoms with Crippen LogP contribution in [0.5, 0.6) is 0 Å². The molecular formula is C34H49FN4O7S. The molecule has 3 heterocycles. The van der Waals surface area contributed by atoms with E-state index >= 15 is 0 Å². The maximum Gasteiger partial charge on any atom is 0.410 e. The summed E-state index contributed by atoms with van der Waals surface area (Å²) in [6.45, 7) is 13.1. The highest BCUT2D eigenvalue weighted by Crippen LogP contribution is 2.28. The standard InChI is InChI=1S/C34H49FN4O7S/c1-6-47(43,44)39-17-15-37(16-18-39)29-21-27(20-28(35)22-29)19-26(4)33-25(3)8-10-31(24(2)7-9-30(40)23-32(41)46-33)45-34(42)38-13-11-36(5)12-14-38/h6,8,10,19-22,24-25,30-31,33,40H,1,7,9,11-18,23H2,2-5H3/b10-8-,26-19+/t24-,25-,30+,31-,33-/m0/s1. The molecule has 0 radical (unpaired) electrons. The van der Waals surface area contributed by atoms with Gasteiger partial charge in [-0.2, -0.15) is 4.31 Å². The van der Waals surface area contributed by atoms with E-state index < -0.39 is 40.1 Å². The monoisotopic (exact) mass is 676 g/mol. The summed E-state index contributed by atoms with van der Waals surface area (Å²) in [6.07, 6.45) is 3.69. The van der Waals surface area contributed by atoms with Gasteiger partial charge < -0.3 is 29.3 Å². The van der Waals surface area contributed by atoms with Crippen molar-refractivity contribution >= 4 is 33.8 Å². The Balaban J connectivity index is 1.54. The van der Waals surface area contributed by atoms with Crippen molar-refractivity contribution in [3.8, 4) is 0 Å². The molecule has 0 spiro atoms. The average molecular weight is 677 g/mol. The number of carbonyl (C=O) groups excluding carboxylic acids is 2. The van der Waals surface area contributed by atoms with Gasteiger partial charge >= 0.3 is 12.1 Å². The highest BCUT2D eigenvalue weighted by atomic mass is 32.2. The van der Waals surface area contributed by atoms with Gasteiger partial charge in [0.2, 0.25) is 10.0 Å². The van der Waals surface area contributed by atoms with E-state index in [1.807, 2.05) is 50.9 Å². The van der Waals surface area contributed by atoms with Crippen LogP contribution >= 0.6 is 0 Å². The molecule has 11 nitrogen and oxygen atoms in total. The van der Waals surface area contributed by atoms with Gasteiger partial charge in [0.15, 0.2) is 0 Å². The summed E-state index contributed by atoms with van der Waals surface area (Å²) in [5.41, 5.74) is 1.84. The van der Waals surface area contributed by atoms with Gasteiger partial charge in [-0.15, -0.1) is 0 Å². The van der Waals surface area contributed by atoms with Gasteiger partial charge in [-0.05, 0) is 68.1 Å². The molecule has 1 amide bonds. The Kier molecular flexibility index (Phi) is 12.6. The zero-order chi connectivity index (χ0) is 34.3. The van der Waals surface area contributed by atoms with Gasteiger partial charge in [-0.1, -0.05) is 32.6 Å². The summed E-state index contributed by atoms with van der Waals surface area (Å²) < 4.78 is 52.4. The first kappa shape index (κ1) is 36.6. The number of benzene rings is 1. The number of cyclic esters (lactones) is 1. The van der Waals surface area contributed by atoms with Crippen molar-refractivity contribution < 1.29 is 37.0 Å². The molecule has 0 aromatic heterocycles. The Hall–Kier alpha value is -3.26. The maximum absolute atomic E-state index is 14.9. The van der Waals surface area contributed by atoms with Gasteiger partial charge in [0.05, 0.1) is 12.5 Å². The third-order valence-electron chi connectivity index (χ3n) is 9.18. The molecule has 0 unspecified atom stereocenters. The van der Waals surface area contributed by atoms with Crippen LogP contribution in [-0.4, -0.2) is 117 Å². The van der Waals surface area contributed by atoms with E-state index in [1.165, 1.54) is 16.4 Å². The number of halogens is 1. The zero-order valence-electron chi connectivity index (χ0n) is 27.9. The Bertz CT molecular complexity index is 1440. The Labute approximate surface area is 278 Å². The normalized spacial score (nSPS) is 28.5. The van der Waals surface area contributed by atoms with Crippen LogP contribution in [0, 0.1) is 17.7 Å². The third-order valence-corrected chi connectivity index (χ3v) is 10.7. The SMILES string of the molecule is C=CS(=O)(=O)N1CCN(c2cc(F)cc(/C=C(\C)[C@H]3OC(=O)C[C@H](O)CC[C@H](C)[C@@H](OC(=O)N4CCN(C)CC4)/C=C\[C@@H]3C)c2)CC1. The molecule has 13 heteroatoms. The van der Waals surface area contributed by atoms with E-state index in [0.29, 0.717) is 55.8 Å². The van der Waals surface area contributed by atoms with Crippen LogP contribution in [0.2, 0.25) is 0 Å². The first-order valence-electron chi connectivity index (χ1n) is 16.3. The molecule has 1 aromatic carbocycles. The fourth-order valence-electron chi connectivity index (χ4n) is 6.14. The lowest BCUT2D eigenvalue weighted by atomic mass is 9.91. The van der Waals surface area contributed by atoms with Crippen LogP contribution in [-0.2, 0) is 24.3 Å². The molecule has 5 atom stereocenters. The number of hydrogen-bond donors (Lipinski definition) is 1. The van der Waals surface area contributed by atoms with Gasteiger partial charge in [0, 0.05) is 69.4 Å².